The van der Waals surface area contributed by atoms with Gasteiger partial charge in [0.15, 0.2) is 0 Å². The fourth-order valence-corrected chi connectivity index (χ4v) is 1.71. The normalized spacial score (nSPS) is 17.6. The number of ether oxygens (including phenoxy) is 2. The molecule has 0 atom stereocenters. The molecule has 4 nitrogen and oxygen atoms in total. The Morgan fingerprint density at radius 1 is 1.38 bits per heavy atom. The van der Waals surface area contributed by atoms with E-state index in [2.05, 4.69) is 4.98 Å². The van der Waals surface area contributed by atoms with E-state index in [0.29, 0.717) is 19.3 Å². The number of pyridine rings is 1. The molecular formula is C12H18N2O2. The van der Waals surface area contributed by atoms with Crippen molar-refractivity contribution in [1.82, 2.24) is 4.98 Å². The van der Waals surface area contributed by atoms with Crippen molar-refractivity contribution in [2.75, 3.05) is 13.2 Å². The highest BCUT2D eigenvalue weighted by atomic mass is 16.5. The first kappa shape index (κ1) is 11.5. The molecule has 1 saturated heterocycles. The van der Waals surface area contributed by atoms with Crippen molar-refractivity contribution in [2.24, 2.45) is 5.73 Å². The first-order chi connectivity index (χ1) is 7.88. The highest BCUT2D eigenvalue weighted by Gasteiger charge is 2.14. The summed E-state index contributed by atoms with van der Waals surface area (Å²) in [7, 11) is 0. The van der Waals surface area contributed by atoms with Gasteiger partial charge in [-0.1, -0.05) is 6.07 Å². The topological polar surface area (TPSA) is 57.4 Å². The van der Waals surface area contributed by atoms with Crippen LogP contribution in [-0.2, 0) is 22.6 Å². The van der Waals surface area contributed by atoms with Crippen LogP contribution < -0.4 is 5.73 Å². The van der Waals surface area contributed by atoms with Crippen LogP contribution in [-0.4, -0.2) is 24.3 Å². The lowest BCUT2D eigenvalue weighted by molar-refractivity contribution is -0.0399. The quantitative estimate of drug-likeness (QED) is 0.832. The van der Waals surface area contributed by atoms with Crippen molar-refractivity contribution in [3.05, 3.63) is 29.6 Å². The van der Waals surface area contributed by atoms with Crippen molar-refractivity contribution in [2.45, 2.75) is 32.1 Å². The summed E-state index contributed by atoms with van der Waals surface area (Å²) in [6.07, 6.45) is 4.11. The molecule has 1 aromatic rings. The Labute approximate surface area is 95.8 Å². The smallest absolute Gasteiger partial charge is 0.0891 e. The summed E-state index contributed by atoms with van der Waals surface area (Å²) in [4.78, 5) is 4.30. The SMILES string of the molecule is NCc1ccc(COC2CCOCC2)nc1. The van der Waals surface area contributed by atoms with Gasteiger partial charge < -0.3 is 15.2 Å². The molecule has 88 valence electrons. The molecule has 1 aromatic heterocycles. The van der Waals surface area contributed by atoms with Gasteiger partial charge in [0.25, 0.3) is 0 Å². The summed E-state index contributed by atoms with van der Waals surface area (Å²) in [6, 6.07) is 3.97. The highest BCUT2D eigenvalue weighted by Crippen LogP contribution is 2.12. The lowest BCUT2D eigenvalue weighted by Crippen LogP contribution is -2.23. The second-order valence-corrected chi connectivity index (χ2v) is 3.98. The molecule has 0 radical (unpaired) electrons. The molecule has 1 fully saturated rings. The van der Waals surface area contributed by atoms with E-state index in [0.717, 1.165) is 37.3 Å². The largest absolute Gasteiger partial charge is 0.381 e. The second kappa shape index (κ2) is 5.94. The third-order valence-electron chi connectivity index (χ3n) is 2.76. The molecule has 2 rings (SSSR count). The maximum atomic E-state index is 5.77. The molecule has 4 heteroatoms. The molecule has 0 spiro atoms. The van der Waals surface area contributed by atoms with Gasteiger partial charge in [0.05, 0.1) is 18.4 Å². The number of aromatic nitrogens is 1. The minimum absolute atomic E-state index is 0.324. The first-order valence-electron chi connectivity index (χ1n) is 5.71. The van der Waals surface area contributed by atoms with E-state index in [1.54, 1.807) is 0 Å². The summed E-state index contributed by atoms with van der Waals surface area (Å²) in [5.41, 5.74) is 7.52. The summed E-state index contributed by atoms with van der Waals surface area (Å²) in [5, 5.41) is 0. The minimum Gasteiger partial charge on any atom is -0.381 e. The molecule has 1 aliphatic rings. The number of nitrogens with two attached hydrogens (primary N) is 1. The molecule has 0 aliphatic carbocycles. The van der Waals surface area contributed by atoms with Crippen LogP contribution in [0.5, 0.6) is 0 Å². The van der Waals surface area contributed by atoms with Crippen LogP contribution in [0.3, 0.4) is 0 Å². The van der Waals surface area contributed by atoms with Crippen LogP contribution in [0.2, 0.25) is 0 Å². The fourth-order valence-electron chi connectivity index (χ4n) is 1.71. The molecule has 2 heterocycles. The molecule has 2 N–H and O–H groups in total. The lowest BCUT2D eigenvalue weighted by atomic mass is 10.1. The van der Waals surface area contributed by atoms with Crippen molar-refractivity contribution >= 4 is 0 Å². The van der Waals surface area contributed by atoms with Crippen LogP contribution in [0.15, 0.2) is 18.3 Å². The van der Waals surface area contributed by atoms with Crippen molar-refractivity contribution in [1.29, 1.82) is 0 Å². The highest BCUT2D eigenvalue weighted by molar-refractivity contribution is 5.13. The summed E-state index contributed by atoms with van der Waals surface area (Å²) in [6.45, 7) is 2.73. The fraction of sp³-hybridized carbons (Fsp3) is 0.583. The molecule has 0 saturated carbocycles. The van der Waals surface area contributed by atoms with E-state index >= 15 is 0 Å². The molecular weight excluding hydrogens is 204 g/mol. The molecule has 0 aromatic carbocycles. The van der Waals surface area contributed by atoms with E-state index in [9.17, 15) is 0 Å². The van der Waals surface area contributed by atoms with Gasteiger partial charge in [0.2, 0.25) is 0 Å². The Kier molecular flexibility index (Phi) is 4.27. The van der Waals surface area contributed by atoms with Crippen LogP contribution in [0, 0.1) is 0 Å². The third kappa shape index (κ3) is 3.27. The molecule has 16 heavy (non-hydrogen) atoms. The van der Waals surface area contributed by atoms with E-state index in [-0.39, 0.29) is 0 Å². The second-order valence-electron chi connectivity index (χ2n) is 3.98. The van der Waals surface area contributed by atoms with Crippen molar-refractivity contribution in [3.8, 4) is 0 Å². The summed E-state index contributed by atoms with van der Waals surface area (Å²) >= 11 is 0. The maximum Gasteiger partial charge on any atom is 0.0891 e. The van der Waals surface area contributed by atoms with Gasteiger partial charge in [0.1, 0.15) is 0 Å². The average Bonchev–Trinajstić information content (AvgIpc) is 2.38. The van der Waals surface area contributed by atoms with Gasteiger partial charge in [-0.05, 0) is 24.5 Å². The Morgan fingerprint density at radius 3 is 2.81 bits per heavy atom. The first-order valence-corrected chi connectivity index (χ1v) is 5.71. The molecule has 0 unspecified atom stereocenters. The number of hydrogen-bond donors (Lipinski definition) is 1. The average molecular weight is 222 g/mol. The maximum absolute atomic E-state index is 5.77. The Morgan fingerprint density at radius 2 is 2.19 bits per heavy atom. The van der Waals surface area contributed by atoms with Crippen molar-refractivity contribution in [3.63, 3.8) is 0 Å². The zero-order chi connectivity index (χ0) is 11.2. The minimum atomic E-state index is 0.324. The van der Waals surface area contributed by atoms with Gasteiger partial charge in [0, 0.05) is 26.0 Å². The predicted octanol–water partition coefficient (Wildman–Crippen LogP) is 1.24. The monoisotopic (exact) mass is 222 g/mol. The van der Waals surface area contributed by atoms with Crippen LogP contribution in [0.25, 0.3) is 0 Å². The summed E-state index contributed by atoms with van der Waals surface area (Å²) in [5.74, 6) is 0. The van der Waals surface area contributed by atoms with E-state index in [4.69, 9.17) is 15.2 Å². The van der Waals surface area contributed by atoms with Gasteiger partial charge >= 0.3 is 0 Å². The van der Waals surface area contributed by atoms with Crippen molar-refractivity contribution < 1.29 is 9.47 Å². The van der Waals surface area contributed by atoms with Gasteiger partial charge in [-0.15, -0.1) is 0 Å². The number of nitrogens with zero attached hydrogens (tertiary/aromatic N) is 1. The van der Waals surface area contributed by atoms with E-state index in [1.165, 1.54) is 0 Å². The Balaban J connectivity index is 1.79. The van der Waals surface area contributed by atoms with E-state index in [1.807, 2.05) is 18.3 Å². The van der Waals surface area contributed by atoms with Gasteiger partial charge in [-0.25, -0.2) is 0 Å². The van der Waals surface area contributed by atoms with Gasteiger partial charge in [-0.2, -0.15) is 0 Å². The van der Waals surface area contributed by atoms with Crippen LogP contribution in [0.1, 0.15) is 24.1 Å². The zero-order valence-electron chi connectivity index (χ0n) is 9.39. The van der Waals surface area contributed by atoms with Crippen LogP contribution >= 0.6 is 0 Å². The number of rotatable bonds is 4. The zero-order valence-corrected chi connectivity index (χ0v) is 9.39. The Hall–Kier alpha value is -0.970. The van der Waals surface area contributed by atoms with E-state index < -0.39 is 0 Å². The standard InChI is InChI=1S/C12H18N2O2/c13-7-10-1-2-11(14-8-10)9-16-12-3-5-15-6-4-12/h1-2,8,12H,3-7,9,13H2. The lowest BCUT2D eigenvalue weighted by Gasteiger charge is -2.22. The molecule has 0 amide bonds. The number of hydrogen-bond acceptors (Lipinski definition) is 4. The molecule has 0 bridgehead atoms. The third-order valence-corrected chi connectivity index (χ3v) is 2.76. The predicted molar refractivity (Wildman–Crippen MR) is 60.8 cm³/mol. The molecule has 1 aliphatic heterocycles. The van der Waals surface area contributed by atoms with Crippen LogP contribution in [0.4, 0.5) is 0 Å². The Bertz CT molecular complexity index is 307. The summed E-state index contributed by atoms with van der Waals surface area (Å²) < 4.78 is 11.0. The van der Waals surface area contributed by atoms with Gasteiger partial charge in [-0.3, -0.25) is 4.98 Å².